The number of rotatable bonds is 4. The monoisotopic (exact) mass is 294 g/mol. The van der Waals surface area contributed by atoms with Gasteiger partial charge in [-0.15, -0.1) is 11.8 Å². The van der Waals surface area contributed by atoms with Crippen LogP contribution in [-0.4, -0.2) is 18.3 Å². The molecule has 0 bridgehead atoms. The van der Waals surface area contributed by atoms with Crippen LogP contribution in [0.1, 0.15) is 17.2 Å². The van der Waals surface area contributed by atoms with Crippen LogP contribution in [0.15, 0.2) is 65.8 Å². The molecule has 0 aliphatic heterocycles. The average Bonchev–Trinajstić information content (AvgIpc) is 2.56. The summed E-state index contributed by atoms with van der Waals surface area (Å²) in [5.41, 5.74) is 2.61. The van der Waals surface area contributed by atoms with Gasteiger partial charge in [-0.3, -0.25) is 4.98 Å². The van der Waals surface area contributed by atoms with E-state index in [1.165, 1.54) is 26.8 Å². The molecule has 3 heteroatoms. The maximum absolute atomic E-state index is 4.22. The van der Waals surface area contributed by atoms with Crippen LogP contribution in [-0.2, 0) is 0 Å². The summed E-state index contributed by atoms with van der Waals surface area (Å²) >= 11 is 1.79. The topological polar surface area (TPSA) is 24.9 Å². The summed E-state index contributed by atoms with van der Waals surface area (Å²) in [7, 11) is 2.02. The third-order valence-electron chi connectivity index (χ3n) is 3.76. The van der Waals surface area contributed by atoms with Crippen molar-refractivity contribution in [3.8, 4) is 0 Å². The Morgan fingerprint density at radius 1 is 1.00 bits per heavy atom. The summed E-state index contributed by atoms with van der Waals surface area (Å²) in [5.74, 6) is 0. The number of hydrogen-bond acceptors (Lipinski definition) is 3. The molecule has 3 rings (SSSR count). The predicted octanol–water partition coefficient (Wildman–Crippen LogP) is 4.27. The summed E-state index contributed by atoms with van der Waals surface area (Å²) in [5, 5.41) is 5.90. The minimum atomic E-state index is 0.180. The molecule has 1 aromatic heterocycles. The molecule has 0 radical (unpaired) electrons. The van der Waals surface area contributed by atoms with Crippen molar-refractivity contribution in [2.75, 3.05) is 13.3 Å². The van der Waals surface area contributed by atoms with E-state index in [2.05, 4.69) is 65.1 Å². The van der Waals surface area contributed by atoms with Crippen molar-refractivity contribution >= 4 is 22.5 Å². The molecule has 0 spiro atoms. The fourth-order valence-corrected chi connectivity index (χ4v) is 3.42. The Balaban J connectivity index is 2.19. The zero-order valence-electron chi connectivity index (χ0n) is 12.2. The molecule has 0 saturated heterocycles. The Morgan fingerprint density at radius 2 is 1.81 bits per heavy atom. The Labute approximate surface area is 129 Å². The Bertz CT molecular complexity index is 750. The lowest BCUT2D eigenvalue weighted by atomic mass is 9.94. The normalized spacial score (nSPS) is 12.5. The molecule has 1 unspecified atom stereocenters. The van der Waals surface area contributed by atoms with Crippen LogP contribution in [0.4, 0.5) is 0 Å². The molecule has 3 aromatic rings. The van der Waals surface area contributed by atoms with Gasteiger partial charge < -0.3 is 5.32 Å². The van der Waals surface area contributed by atoms with Gasteiger partial charge in [0.1, 0.15) is 0 Å². The molecule has 21 heavy (non-hydrogen) atoms. The highest BCUT2D eigenvalue weighted by Gasteiger charge is 2.17. The number of nitrogens with zero attached hydrogens (tertiary/aromatic N) is 1. The molecule has 1 N–H and O–H groups in total. The molecule has 2 aromatic carbocycles. The molecule has 1 heterocycles. The molecule has 0 amide bonds. The van der Waals surface area contributed by atoms with Gasteiger partial charge in [0.25, 0.3) is 0 Å². The van der Waals surface area contributed by atoms with Crippen LogP contribution in [0.2, 0.25) is 0 Å². The summed E-state index contributed by atoms with van der Waals surface area (Å²) in [6, 6.07) is 17.3. The van der Waals surface area contributed by atoms with Crippen LogP contribution in [0.25, 0.3) is 10.8 Å². The molecule has 0 aliphatic rings. The second-order valence-electron chi connectivity index (χ2n) is 4.91. The van der Waals surface area contributed by atoms with Gasteiger partial charge in [-0.2, -0.15) is 0 Å². The van der Waals surface area contributed by atoms with Crippen molar-refractivity contribution in [2.24, 2.45) is 0 Å². The molecule has 0 saturated carbocycles. The van der Waals surface area contributed by atoms with Crippen molar-refractivity contribution in [1.82, 2.24) is 10.3 Å². The van der Waals surface area contributed by atoms with Crippen LogP contribution < -0.4 is 5.32 Å². The minimum Gasteiger partial charge on any atom is -0.309 e. The molecular formula is C18H18N2S. The van der Waals surface area contributed by atoms with E-state index in [-0.39, 0.29) is 6.04 Å². The van der Waals surface area contributed by atoms with E-state index in [0.717, 1.165) is 0 Å². The smallest absolute Gasteiger partial charge is 0.0591 e. The van der Waals surface area contributed by atoms with E-state index in [0.29, 0.717) is 0 Å². The van der Waals surface area contributed by atoms with Crippen LogP contribution in [0, 0.1) is 0 Å². The van der Waals surface area contributed by atoms with E-state index in [1.807, 2.05) is 19.4 Å². The van der Waals surface area contributed by atoms with Crippen molar-refractivity contribution in [3.05, 3.63) is 72.1 Å². The SMILES string of the molecule is CNC(c1ccccc1SC)c1cccc2cnccc12. The molecule has 2 nitrogen and oxygen atoms in total. The maximum Gasteiger partial charge on any atom is 0.0591 e. The summed E-state index contributed by atoms with van der Waals surface area (Å²) < 4.78 is 0. The first-order valence-corrected chi connectivity index (χ1v) is 8.20. The lowest BCUT2D eigenvalue weighted by molar-refractivity contribution is 0.685. The first-order valence-electron chi connectivity index (χ1n) is 6.98. The second-order valence-corrected chi connectivity index (χ2v) is 5.76. The van der Waals surface area contributed by atoms with Crippen molar-refractivity contribution in [1.29, 1.82) is 0 Å². The average molecular weight is 294 g/mol. The Morgan fingerprint density at radius 3 is 2.62 bits per heavy atom. The number of aromatic nitrogens is 1. The van der Waals surface area contributed by atoms with Crippen molar-refractivity contribution < 1.29 is 0 Å². The van der Waals surface area contributed by atoms with Gasteiger partial charge in [0, 0.05) is 22.7 Å². The van der Waals surface area contributed by atoms with E-state index < -0.39 is 0 Å². The molecule has 0 fully saturated rings. The largest absolute Gasteiger partial charge is 0.309 e. The van der Waals surface area contributed by atoms with Gasteiger partial charge >= 0.3 is 0 Å². The third-order valence-corrected chi connectivity index (χ3v) is 4.58. The summed E-state index contributed by atoms with van der Waals surface area (Å²) in [6.07, 6.45) is 5.91. The number of thioether (sulfide) groups is 1. The fourth-order valence-electron chi connectivity index (χ4n) is 2.78. The fraction of sp³-hybridized carbons (Fsp3) is 0.167. The standard InChI is InChI=1S/C18H18N2S/c1-19-18(16-7-3-4-9-17(16)21-2)15-8-5-6-13-12-20-11-10-14(13)15/h3-12,18-19H,1-2H3. The van der Waals surface area contributed by atoms with Crippen LogP contribution in [0.3, 0.4) is 0 Å². The van der Waals surface area contributed by atoms with E-state index >= 15 is 0 Å². The molecular weight excluding hydrogens is 276 g/mol. The highest BCUT2D eigenvalue weighted by molar-refractivity contribution is 7.98. The van der Waals surface area contributed by atoms with Crippen LogP contribution in [0.5, 0.6) is 0 Å². The zero-order chi connectivity index (χ0) is 14.7. The first-order chi connectivity index (χ1) is 10.3. The molecule has 0 aliphatic carbocycles. The number of fused-ring (bicyclic) bond motifs is 1. The predicted molar refractivity (Wildman–Crippen MR) is 90.9 cm³/mol. The van der Waals surface area contributed by atoms with Gasteiger partial charge in [-0.05, 0) is 41.9 Å². The highest BCUT2D eigenvalue weighted by atomic mass is 32.2. The summed E-state index contributed by atoms with van der Waals surface area (Å²) in [6.45, 7) is 0. The van der Waals surface area contributed by atoms with E-state index in [1.54, 1.807) is 11.8 Å². The Kier molecular flexibility index (Phi) is 4.23. The van der Waals surface area contributed by atoms with E-state index in [9.17, 15) is 0 Å². The van der Waals surface area contributed by atoms with Gasteiger partial charge in [-0.25, -0.2) is 0 Å². The van der Waals surface area contributed by atoms with E-state index in [4.69, 9.17) is 0 Å². The number of benzene rings is 2. The zero-order valence-corrected chi connectivity index (χ0v) is 13.0. The lowest BCUT2D eigenvalue weighted by Gasteiger charge is -2.21. The summed E-state index contributed by atoms with van der Waals surface area (Å²) in [4.78, 5) is 5.53. The van der Waals surface area contributed by atoms with Gasteiger partial charge in [0.2, 0.25) is 0 Å². The lowest BCUT2D eigenvalue weighted by Crippen LogP contribution is -2.18. The number of nitrogens with one attached hydrogen (secondary N) is 1. The maximum atomic E-state index is 4.22. The Hall–Kier alpha value is -1.84. The van der Waals surface area contributed by atoms with Crippen LogP contribution >= 0.6 is 11.8 Å². The highest BCUT2D eigenvalue weighted by Crippen LogP contribution is 2.33. The van der Waals surface area contributed by atoms with Crippen molar-refractivity contribution in [3.63, 3.8) is 0 Å². The van der Waals surface area contributed by atoms with Gasteiger partial charge in [0.05, 0.1) is 6.04 Å². The first kappa shape index (κ1) is 14.1. The van der Waals surface area contributed by atoms with Crippen molar-refractivity contribution in [2.45, 2.75) is 10.9 Å². The van der Waals surface area contributed by atoms with Gasteiger partial charge in [-0.1, -0.05) is 36.4 Å². The molecule has 1 atom stereocenters. The second kappa shape index (κ2) is 6.29. The van der Waals surface area contributed by atoms with Gasteiger partial charge in [0.15, 0.2) is 0 Å². The minimum absolute atomic E-state index is 0.180. The number of pyridine rings is 1. The number of hydrogen-bond donors (Lipinski definition) is 1. The molecule has 106 valence electrons. The quantitative estimate of drug-likeness (QED) is 0.728. The third kappa shape index (κ3) is 2.67.